The van der Waals surface area contributed by atoms with Crippen LogP contribution >= 0.6 is 0 Å². The van der Waals surface area contributed by atoms with Crippen molar-refractivity contribution in [3.63, 3.8) is 0 Å². The summed E-state index contributed by atoms with van der Waals surface area (Å²) in [5, 5.41) is 11.5. The Morgan fingerprint density at radius 3 is 2.47 bits per heavy atom. The van der Waals surface area contributed by atoms with Crippen LogP contribution in [0.2, 0.25) is 0 Å². The fraction of sp³-hybridized carbons (Fsp3) is 0.917. The standard InChI is InChI=1S/C12H23N3O3S/c13-12(14-16)10-5-4-8-15(9-10)19(17,18)11-6-2-1-3-7-11/h10-11,16H,1-9H2,(H2,13,14). The molecule has 0 aromatic rings. The molecule has 1 saturated carbocycles. The molecule has 1 aliphatic heterocycles. The van der Waals surface area contributed by atoms with Gasteiger partial charge in [-0.1, -0.05) is 24.4 Å². The Kier molecular flexibility index (Phi) is 4.67. The topological polar surface area (TPSA) is 96.0 Å². The number of sulfonamides is 1. The zero-order valence-electron chi connectivity index (χ0n) is 11.2. The second-order valence-corrected chi connectivity index (χ2v) is 7.74. The predicted octanol–water partition coefficient (Wildman–Crippen LogP) is 1.11. The maximum absolute atomic E-state index is 12.6. The number of piperidine rings is 1. The van der Waals surface area contributed by atoms with Crippen LogP contribution in [0.5, 0.6) is 0 Å². The number of oxime groups is 1. The van der Waals surface area contributed by atoms with Gasteiger partial charge in [0.1, 0.15) is 5.84 Å². The molecule has 1 saturated heterocycles. The summed E-state index contributed by atoms with van der Waals surface area (Å²) in [6.45, 7) is 0.919. The zero-order chi connectivity index (χ0) is 13.9. The van der Waals surface area contributed by atoms with Gasteiger partial charge in [-0.3, -0.25) is 0 Å². The van der Waals surface area contributed by atoms with Crippen LogP contribution in [-0.2, 0) is 10.0 Å². The predicted molar refractivity (Wildman–Crippen MR) is 73.5 cm³/mol. The lowest BCUT2D eigenvalue weighted by Gasteiger charge is -2.35. The Labute approximate surface area is 114 Å². The summed E-state index contributed by atoms with van der Waals surface area (Å²) in [7, 11) is -3.22. The van der Waals surface area contributed by atoms with E-state index in [0.717, 1.165) is 44.9 Å². The molecule has 2 rings (SSSR count). The van der Waals surface area contributed by atoms with Crippen LogP contribution in [-0.4, -0.2) is 42.1 Å². The lowest BCUT2D eigenvalue weighted by molar-refractivity contribution is 0.283. The van der Waals surface area contributed by atoms with Gasteiger partial charge in [0.2, 0.25) is 10.0 Å². The highest BCUT2D eigenvalue weighted by Crippen LogP contribution is 2.29. The van der Waals surface area contributed by atoms with Crippen molar-refractivity contribution in [3.8, 4) is 0 Å². The van der Waals surface area contributed by atoms with E-state index in [0.29, 0.717) is 13.1 Å². The molecule has 2 aliphatic rings. The second-order valence-electron chi connectivity index (χ2n) is 5.53. The Bertz CT molecular complexity index is 430. The molecule has 0 bridgehead atoms. The fourth-order valence-electron chi connectivity index (χ4n) is 3.07. The first-order valence-corrected chi connectivity index (χ1v) is 8.52. The highest BCUT2D eigenvalue weighted by Gasteiger charge is 2.36. The zero-order valence-corrected chi connectivity index (χ0v) is 12.0. The first-order chi connectivity index (χ1) is 9.05. The van der Waals surface area contributed by atoms with Crippen LogP contribution in [0.25, 0.3) is 0 Å². The van der Waals surface area contributed by atoms with Crippen molar-refractivity contribution in [2.45, 2.75) is 50.2 Å². The Morgan fingerprint density at radius 2 is 1.84 bits per heavy atom. The Morgan fingerprint density at radius 1 is 1.16 bits per heavy atom. The summed E-state index contributed by atoms with van der Waals surface area (Å²) in [5.41, 5.74) is 5.61. The molecule has 0 spiro atoms. The van der Waals surface area contributed by atoms with Gasteiger partial charge in [0, 0.05) is 19.0 Å². The lowest BCUT2D eigenvalue weighted by atomic mass is 9.99. The van der Waals surface area contributed by atoms with Gasteiger partial charge in [-0.05, 0) is 25.7 Å². The monoisotopic (exact) mass is 289 g/mol. The summed E-state index contributed by atoms with van der Waals surface area (Å²) in [4.78, 5) is 0. The van der Waals surface area contributed by atoms with E-state index >= 15 is 0 Å². The molecule has 1 atom stereocenters. The van der Waals surface area contributed by atoms with Gasteiger partial charge < -0.3 is 10.9 Å². The number of nitrogens with two attached hydrogens (primary N) is 1. The Balaban J connectivity index is 2.07. The normalized spacial score (nSPS) is 28.4. The molecule has 0 aromatic heterocycles. The largest absolute Gasteiger partial charge is 0.409 e. The van der Waals surface area contributed by atoms with E-state index in [1.54, 1.807) is 4.31 Å². The van der Waals surface area contributed by atoms with Crippen molar-refractivity contribution in [1.29, 1.82) is 0 Å². The first-order valence-electron chi connectivity index (χ1n) is 7.02. The van der Waals surface area contributed by atoms with E-state index in [9.17, 15) is 8.42 Å². The quantitative estimate of drug-likeness (QED) is 0.352. The van der Waals surface area contributed by atoms with Gasteiger partial charge in [0.05, 0.1) is 5.25 Å². The minimum Gasteiger partial charge on any atom is -0.409 e. The third-order valence-electron chi connectivity index (χ3n) is 4.25. The molecule has 3 N–H and O–H groups in total. The second kappa shape index (κ2) is 6.09. The third-order valence-corrected chi connectivity index (χ3v) is 6.62. The molecular weight excluding hydrogens is 266 g/mol. The van der Waals surface area contributed by atoms with Gasteiger partial charge in [0.25, 0.3) is 0 Å². The van der Waals surface area contributed by atoms with Gasteiger partial charge in [0.15, 0.2) is 0 Å². The average Bonchev–Trinajstić information content (AvgIpc) is 2.47. The van der Waals surface area contributed by atoms with Crippen LogP contribution in [0.1, 0.15) is 44.9 Å². The van der Waals surface area contributed by atoms with Crippen LogP contribution in [0.15, 0.2) is 5.16 Å². The fourth-order valence-corrected chi connectivity index (χ4v) is 5.19. The van der Waals surface area contributed by atoms with Crippen LogP contribution < -0.4 is 5.73 Å². The molecule has 19 heavy (non-hydrogen) atoms. The van der Waals surface area contributed by atoms with Gasteiger partial charge in [-0.25, -0.2) is 12.7 Å². The summed E-state index contributed by atoms with van der Waals surface area (Å²) in [5.74, 6) is -0.0133. The minimum atomic E-state index is -3.22. The smallest absolute Gasteiger partial charge is 0.217 e. The number of rotatable bonds is 3. The van der Waals surface area contributed by atoms with Crippen molar-refractivity contribution < 1.29 is 13.6 Å². The SMILES string of the molecule is NC(=NO)C1CCCN(S(=O)(=O)C2CCCCC2)C1. The van der Waals surface area contributed by atoms with Crippen molar-refractivity contribution in [2.75, 3.05) is 13.1 Å². The molecule has 6 nitrogen and oxygen atoms in total. The first kappa shape index (κ1) is 14.6. The molecule has 2 fully saturated rings. The lowest BCUT2D eigenvalue weighted by Crippen LogP contribution is -2.47. The van der Waals surface area contributed by atoms with E-state index in [2.05, 4.69) is 5.16 Å². The summed E-state index contributed by atoms with van der Waals surface area (Å²) in [6.07, 6.45) is 6.24. The van der Waals surface area contributed by atoms with E-state index < -0.39 is 10.0 Å². The van der Waals surface area contributed by atoms with E-state index in [-0.39, 0.29) is 17.0 Å². The number of hydrogen-bond acceptors (Lipinski definition) is 4. The molecule has 7 heteroatoms. The number of amidine groups is 1. The maximum atomic E-state index is 12.6. The van der Waals surface area contributed by atoms with Gasteiger partial charge >= 0.3 is 0 Å². The number of hydrogen-bond donors (Lipinski definition) is 2. The summed E-state index contributed by atoms with van der Waals surface area (Å²) < 4.78 is 26.7. The maximum Gasteiger partial charge on any atom is 0.217 e. The van der Waals surface area contributed by atoms with Crippen molar-refractivity contribution in [2.24, 2.45) is 16.8 Å². The molecule has 0 radical (unpaired) electrons. The van der Waals surface area contributed by atoms with E-state index in [1.165, 1.54) is 0 Å². The molecular formula is C12H23N3O3S. The molecule has 0 aromatic carbocycles. The van der Waals surface area contributed by atoms with Crippen molar-refractivity contribution in [1.82, 2.24) is 4.31 Å². The summed E-state index contributed by atoms with van der Waals surface area (Å²) in [6, 6.07) is 0. The highest BCUT2D eigenvalue weighted by molar-refractivity contribution is 7.89. The molecule has 0 amide bonds. The van der Waals surface area contributed by atoms with Crippen LogP contribution in [0, 0.1) is 5.92 Å². The highest BCUT2D eigenvalue weighted by atomic mass is 32.2. The van der Waals surface area contributed by atoms with Crippen LogP contribution in [0.3, 0.4) is 0 Å². The third kappa shape index (κ3) is 3.20. The Hall–Kier alpha value is -0.820. The van der Waals surface area contributed by atoms with E-state index in [4.69, 9.17) is 10.9 Å². The average molecular weight is 289 g/mol. The molecule has 1 heterocycles. The van der Waals surface area contributed by atoms with E-state index in [1.807, 2.05) is 0 Å². The van der Waals surface area contributed by atoms with Gasteiger partial charge in [-0.2, -0.15) is 0 Å². The molecule has 1 aliphatic carbocycles. The van der Waals surface area contributed by atoms with Crippen LogP contribution in [0.4, 0.5) is 0 Å². The van der Waals surface area contributed by atoms with Gasteiger partial charge in [-0.15, -0.1) is 0 Å². The molecule has 1 unspecified atom stereocenters. The van der Waals surface area contributed by atoms with Crippen molar-refractivity contribution >= 4 is 15.9 Å². The number of nitrogens with zero attached hydrogens (tertiary/aromatic N) is 2. The summed E-state index contributed by atoms with van der Waals surface area (Å²) >= 11 is 0. The minimum absolute atomic E-state index is 0.142. The van der Waals surface area contributed by atoms with Crippen molar-refractivity contribution in [3.05, 3.63) is 0 Å². The molecule has 110 valence electrons.